The number of nitrogens with zero attached hydrogens (tertiary/aromatic N) is 1. The maximum Gasteiger partial charge on any atom is 0.244 e. The number of amides is 1. The van der Waals surface area contributed by atoms with Gasteiger partial charge in [0.25, 0.3) is 0 Å². The molecule has 6 nitrogen and oxygen atoms in total. The molecule has 1 aromatic heterocycles. The van der Waals surface area contributed by atoms with E-state index in [1.807, 2.05) is 24.3 Å². The SMILES string of the molecule is O=C(C=Cc1cc(Cl)c2c(c1)OCCO2)NCc1nc2ccccc2[nH]1. The predicted octanol–water partition coefficient (Wildman–Crippen LogP) is 3.32. The Labute approximate surface area is 154 Å². The minimum Gasteiger partial charge on any atom is -0.486 e. The van der Waals surface area contributed by atoms with Gasteiger partial charge in [-0.05, 0) is 35.9 Å². The summed E-state index contributed by atoms with van der Waals surface area (Å²) in [5.41, 5.74) is 2.58. The number of benzene rings is 2. The summed E-state index contributed by atoms with van der Waals surface area (Å²) in [6, 6.07) is 11.3. The molecule has 7 heteroatoms. The lowest BCUT2D eigenvalue weighted by Gasteiger charge is -2.19. The van der Waals surface area contributed by atoms with Crippen LogP contribution in [0.4, 0.5) is 0 Å². The average Bonchev–Trinajstić information content (AvgIpc) is 3.08. The van der Waals surface area contributed by atoms with Crippen LogP contribution in [-0.4, -0.2) is 29.1 Å². The fourth-order valence-electron chi connectivity index (χ4n) is 2.72. The molecule has 1 aliphatic rings. The summed E-state index contributed by atoms with van der Waals surface area (Å²) in [7, 11) is 0. The van der Waals surface area contributed by atoms with Crippen LogP contribution in [0.2, 0.25) is 5.02 Å². The summed E-state index contributed by atoms with van der Waals surface area (Å²) >= 11 is 6.19. The molecule has 0 saturated heterocycles. The molecule has 2 aromatic carbocycles. The van der Waals surface area contributed by atoms with E-state index in [0.717, 1.165) is 16.6 Å². The summed E-state index contributed by atoms with van der Waals surface area (Å²) in [6.07, 6.45) is 3.13. The van der Waals surface area contributed by atoms with Gasteiger partial charge in [-0.2, -0.15) is 0 Å². The molecule has 0 saturated carbocycles. The second-order valence-corrected chi connectivity index (χ2v) is 6.19. The molecule has 2 N–H and O–H groups in total. The summed E-state index contributed by atoms with van der Waals surface area (Å²) in [5, 5.41) is 3.26. The third kappa shape index (κ3) is 3.50. The number of carbonyl (C=O) groups is 1. The average molecular weight is 370 g/mol. The molecule has 1 aliphatic heterocycles. The van der Waals surface area contributed by atoms with Gasteiger partial charge in [0, 0.05) is 6.08 Å². The molecule has 3 aromatic rings. The first-order chi connectivity index (χ1) is 12.7. The molecule has 0 radical (unpaired) electrons. The Bertz CT molecular complexity index is 964. The molecule has 4 rings (SSSR count). The molecule has 26 heavy (non-hydrogen) atoms. The largest absolute Gasteiger partial charge is 0.486 e. The van der Waals surface area contributed by atoms with Crippen LogP contribution >= 0.6 is 11.6 Å². The Balaban J connectivity index is 1.40. The van der Waals surface area contributed by atoms with E-state index < -0.39 is 0 Å². The number of rotatable bonds is 4. The number of hydrogen-bond donors (Lipinski definition) is 2. The van der Waals surface area contributed by atoms with E-state index in [-0.39, 0.29) is 5.91 Å². The van der Waals surface area contributed by atoms with Crippen molar-refractivity contribution in [1.29, 1.82) is 0 Å². The Morgan fingerprint density at radius 1 is 1.27 bits per heavy atom. The monoisotopic (exact) mass is 369 g/mol. The lowest BCUT2D eigenvalue weighted by molar-refractivity contribution is -0.116. The molecule has 0 atom stereocenters. The fourth-order valence-corrected chi connectivity index (χ4v) is 2.99. The van der Waals surface area contributed by atoms with Crippen molar-refractivity contribution in [3.05, 3.63) is 58.9 Å². The van der Waals surface area contributed by atoms with Crippen molar-refractivity contribution in [2.75, 3.05) is 13.2 Å². The van der Waals surface area contributed by atoms with Crippen molar-refractivity contribution in [1.82, 2.24) is 15.3 Å². The predicted molar refractivity (Wildman–Crippen MR) is 99.4 cm³/mol. The summed E-state index contributed by atoms with van der Waals surface area (Å²) in [6.45, 7) is 1.28. The van der Waals surface area contributed by atoms with E-state index in [1.165, 1.54) is 6.08 Å². The molecular formula is C19H16ClN3O3. The van der Waals surface area contributed by atoms with Crippen molar-refractivity contribution in [2.45, 2.75) is 6.54 Å². The summed E-state index contributed by atoms with van der Waals surface area (Å²) in [5.74, 6) is 1.61. The number of aromatic amines is 1. The molecule has 132 valence electrons. The van der Waals surface area contributed by atoms with E-state index in [0.29, 0.717) is 42.1 Å². The molecule has 0 fully saturated rings. The Morgan fingerprint density at radius 2 is 2.12 bits per heavy atom. The van der Waals surface area contributed by atoms with Crippen LogP contribution in [0.25, 0.3) is 17.1 Å². The maximum atomic E-state index is 12.1. The topological polar surface area (TPSA) is 76.2 Å². The zero-order valence-corrected chi connectivity index (χ0v) is 14.5. The van der Waals surface area contributed by atoms with E-state index in [1.54, 1.807) is 18.2 Å². The van der Waals surface area contributed by atoms with Gasteiger partial charge in [-0.3, -0.25) is 4.79 Å². The van der Waals surface area contributed by atoms with Crippen LogP contribution in [0.3, 0.4) is 0 Å². The molecule has 1 amide bonds. The van der Waals surface area contributed by atoms with Gasteiger partial charge in [-0.25, -0.2) is 4.98 Å². The number of para-hydroxylation sites is 2. The van der Waals surface area contributed by atoms with Gasteiger partial charge in [-0.1, -0.05) is 23.7 Å². The summed E-state index contributed by atoms with van der Waals surface area (Å²) < 4.78 is 11.0. The van der Waals surface area contributed by atoms with E-state index in [4.69, 9.17) is 21.1 Å². The van der Waals surface area contributed by atoms with Crippen molar-refractivity contribution in [2.24, 2.45) is 0 Å². The van der Waals surface area contributed by atoms with Crippen molar-refractivity contribution < 1.29 is 14.3 Å². The van der Waals surface area contributed by atoms with Gasteiger partial charge >= 0.3 is 0 Å². The first-order valence-electron chi connectivity index (χ1n) is 8.18. The number of carbonyl (C=O) groups excluding carboxylic acids is 1. The van der Waals surface area contributed by atoms with E-state index >= 15 is 0 Å². The van der Waals surface area contributed by atoms with Gasteiger partial charge in [0.05, 0.1) is 22.6 Å². The minimum atomic E-state index is -0.225. The van der Waals surface area contributed by atoms with Gasteiger partial charge in [-0.15, -0.1) is 0 Å². The van der Waals surface area contributed by atoms with E-state index in [2.05, 4.69) is 15.3 Å². The molecular weight excluding hydrogens is 354 g/mol. The third-order valence-electron chi connectivity index (χ3n) is 3.91. The number of aromatic nitrogens is 2. The highest BCUT2D eigenvalue weighted by Crippen LogP contribution is 2.38. The molecule has 0 aliphatic carbocycles. The Hall–Kier alpha value is -2.99. The minimum absolute atomic E-state index is 0.225. The van der Waals surface area contributed by atoms with Crippen LogP contribution < -0.4 is 14.8 Å². The van der Waals surface area contributed by atoms with Crippen LogP contribution in [0.1, 0.15) is 11.4 Å². The summed E-state index contributed by atoms with van der Waals surface area (Å²) in [4.78, 5) is 19.6. The zero-order valence-electron chi connectivity index (χ0n) is 13.8. The third-order valence-corrected chi connectivity index (χ3v) is 4.20. The number of H-pyrrole nitrogens is 1. The van der Waals surface area contributed by atoms with Crippen molar-refractivity contribution in [3.8, 4) is 11.5 Å². The first-order valence-corrected chi connectivity index (χ1v) is 8.55. The molecule has 2 heterocycles. The molecule has 0 bridgehead atoms. The second kappa shape index (κ2) is 7.09. The number of hydrogen-bond acceptors (Lipinski definition) is 4. The van der Waals surface area contributed by atoms with Crippen molar-refractivity contribution in [3.63, 3.8) is 0 Å². The van der Waals surface area contributed by atoms with Gasteiger partial charge in [0.15, 0.2) is 11.5 Å². The quantitative estimate of drug-likeness (QED) is 0.692. The zero-order chi connectivity index (χ0) is 17.9. The van der Waals surface area contributed by atoms with E-state index in [9.17, 15) is 4.79 Å². The lowest BCUT2D eigenvalue weighted by Crippen LogP contribution is -2.20. The number of ether oxygens (including phenoxy) is 2. The number of imidazole rings is 1. The second-order valence-electron chi connectivity index (χ2n) is 5.78. The van der Waals surface area contributed by atoms with Gasteiger partial charge in [0.2, 0.25) is 5.91 Å². The van der Waals surface area contributed by atoms with Gasteiger partial charge < -0.3 is 19.8 Å². The highest BCUT2D eigenvalue weighted by molar-refractivity contribution is 6.32. The number of nitrogens with one attached hydrogen (secondary N) is 2. The maximum absolute atomic E-state index is 12.1. The highest BCUT2D eigenvalue weighted by atomic mass is 35.5. The van der Waals surface area contributed by atoms with Gasteiger partial charge in [0.1, 0.15) is 19.0 Å². The van der Waals surface area contributed by atoms with Crippen LogP contribution in [0, 0.1) is 0 Å². The first kappa shape index (κ1) is 16.5. The normalized spacial score (nSPS) is 13.3. The Morgan fingerprint density at radius 3 is 3.00 bits per heavy atom. The molecule has 0 unspecified atom stereocenters. The number of fused-ring (bicyclic) bond motifs is 2. The smallest absolute Gasteiger partial charge is 0.244 e. The fraction of sp³-hybridized carbons (Fsp3) is 0.158. The number of halogens is 1. The van der Waals surface area contributed by atoms with Crippen LogP contribution in [0.15, 0.2) is 42.5 Å². The van der Waals surface area contributed by atoms with Crippen LogP contribution in [-0.2, 0) is 11.3 Å². The van der Waals surface area contributed by atoms with Crippen molar-refractivity contribution >= 4 is 34.6 Å². The highest BCUT2D eigenvalue weighted by Gasteiger charge is 2.16. The lowest BCUT2D eigenvalue weighted by atomic mass is 10.1. The standard InChI is InChI=1S/C19H16ClN3O3/c20-13-9-12(10-16-19(13)26-8-7-25-16)5-6-18(24)21-11-17-22-14-3-1-2-4-15(14)23-17/h1-6,9-10H,7-8,11H2,(H,21,24)(H,22,23). The molecule has 0 spiro atoms. The van der Waals surface area contributed by atoms with Crippen LogP contribution in [0.5, 0.6) is 11.5 Å². The Kier molecular flexibility index (Phi) is 4.50.